The van der Waals surface area contributed by atoms with E-state index in [0.29, 0.717) is 19.8 Å². The number of nitrogens with one attached hydrogen (secondary N) is 1. The summed E-state index contributed by atoms with van der Waals surface area (Å²) in [6.45, 7) is 6.03. The highest BCUT2D eigenvalue weighted by atomic mass is 16.6. The van der Waals surface area contributed by atoms with Crippen molar-refractivity contribution in [3.63, 3.8) is 0 Å². The van der Waals surface area contributed by atoms with Gasteiger partial charge < -0.3 is 19.2 Å². The second-order valence-corrected chi connectivity index (χ2v) is 4.07. The molecule has 0 bridgehead atoms. The number of ether oxygens (including phenoxy) is 2. The van der Waals surface area contributed by atoms with Crippen molar-refractivity contribution in [2.75, 3.05) is 19.8 Å². The summed E-state index contributed by atoms with van der Waals surface area (Å²) >= 11 is 0. The van der Waals surface area contributed by atoms with E-state index in [1.165, 1.54) is 5.56 Å². The third-order valence-electron chi connectivity index (χ3n) is 2.53. The SMILES string of the molecule is CCCNCc1coc(COC2COC2)c1. The Morgan fingerprint density at radius 2 is 2.38 bits per heavy atom. The Balaban J connectivity index is 1.68. The number of furan rings is 1. The second-order valence-electron chi connectivity index (χ2n) is 4.07. The van der Waals surface area contributed by atoms with E-state index < -0.39 is 0 Å². The monoisotopic (exact) mass is 225 g/mol. The summed E-state index contributed by atoms with van der Waals surface area (Å²) in [6, 6.07) is 2.04. The van der Waals surface area contributed by atoms with E-state index in [4.69, 9.17) is 13.9 Å². The molecule has 1 N–H and O–H groups in total. The third kappa shape index (κ3) is 3.33. The lowest BCUT2D eigenvalue weighted by atomic mass is 10.3. The van der Waals surface area contributed by atoms with E-state index in [1.54, 1.807) is 6.26 Å². The van der Waals surface area contributed by atoms with Crippen LogP contribution in [0.25, 0.3) is 0 Å². The first-order chi connectivity index (χ1) is 7.88. The lowest BCUT2D eigenvalue weighted by Crippen LogP contribution is -2.35. The Labute approximate surface area is 95.9 Å². The van der Waals surface area contributed by atoms with Crippen LogP contribution in [0.2, 0.25) is 0 Å². The van der Waals surface area contributed by atoms with Crippen LogP contribution in [0.1, 0.15) is 24.7 Å². The van der Waals surface area contributed by atoms with Crippen LogP contribution >= 0.6 is 0 Å². The number of hydrogen-bond donors (Lipinski definition) is 1. The van der Waals surface area contributed by atoms with E-state index in [0.717, 1.165) is 25.3 Å². The fourth-order valence-corrected chi connectivity index (χ4v) is 1.51. The molecule has 0 atom stereocenters. The molecule has 1 fully saturated rings. The maximum atomic E-state index is 5.56. The molecule has 0 spiro atoms. The second kappa shape index (κ2) is 6.03. The van der Waals surface area contributed by atoms with Gasteiger partial charge in [0, 0.05) is 12.1 Å². The van der Waals surface area contributed by atoms with Crippen molar-refractivity contribution >= 4 is 0 Å². The number of hydrogen-bond acceptors (Lipinski definition) is 4. The highest BCUT2D eigenvalue weighted by molar-refractivity contribution is 5.12. The molecule has 0 aromatic carbocycles. The molecular formula is C12H19NO3. The first-order valence-corrected chi connectivity index (χ1v) is 5.85. The topological polar surface area (TPSA) is 43.6 Å². The van der Waals surface area contributed by atoms with Gasteiger partial charge in [-0.2, -0.15) is 0 Å². The number of rotatable bonds is 7. The lowest BCUT2D eigenvalue weighted by Gasteiger charge is -2.25. The molecule has 16 heavy (non-hydrogen) atoms. The predicted molar refractivity (Wildman–Crippen MR) is 60.1 cm³/mol. The first-order valence-electron chi connectivity index (χ1n) is 5.85. The molecule has 1 aromatic heterocycles. The quantitative estimate of drug-likeness (QED) is 0.717. The summed E-state index contributed by atoms with van der Waals surface area (Å²) < 4.78 is 16.0. The van der Waals surface area contributed by atoms with Crippen LogP contribution in [0.5, 0.6) is 0 Å². The van der Waals surface area contributed by atoms with E-state index in [1.807, 2.05) is 6.07 Å². The van der Waals surface area contributed by atoms with E-state index in [9.17, 15) is 0 Å². The zero-order chi connectivity index (χ0) is 11.2. The van der Waals surface area contributed by atoms with Gasteiger partial charge in [-0.15, -0.1) is 0 Å². The molecule has 4 heteroatoms. The van der Waals surface area contributed by atoms with Gasteiger partial charge in [0.05, 0.1) is 19.5 Å². The Bertz CT molecular complexity index is 307. The van der Waals surface area contributed by atoms with Gasteiger partial charge in [0.1, 0.15) is 18.5 Å². The summed E-state index contributed by atoms with van der Waals surface area (Å²) in [7, 11) is 0. The maximum absolute atomic E-state index is 5.56. The van der Waals surface area contributed by atoms with Crippen LogP contribution < -0.4 is 5.32 Å². The zero-order valence-electron chi connectivity index (χ0n) is 9.70. The average molecular weight is 225 g/mol. The highest BCUT2D eigenvalue weighted by Crippen LogP contribution is 2.12. The first kappa shape index (κ1) is 11.6. The van der Waals surface area contributed by atoms with Gasteiger partial charge in [0.2, 0.25) is 0 Å². The molecule has 0 amide bonds. The van der Waals surface area contributed by atoms with Crippen molar-refractivity contribution in [2.24, 2.45) is 0 Å². The molecule has 1 aliphatic rings. The average Bonchev–Trinajstić information content (AvgIpc) is 2.64. The van der Waals surface area contributed by atoms with Gasteiger partial charge in [-0.25, -0.2) is 0 Å². The zero-order valence-corrected chi connectivity index (χ0v) is 9.70. The third-order valence-corrected chi connectivity index (χ3v) is 2.53. The molecule has 0 aliphatic carbocycles. The van der Waals surface area contributed by atoms with Gasteiger partial charge in [-0.1, -0.05) is 6.92 Å². The minimum absolute atomic E-state index is 0.256. The van der Waals surface area contributed by atoms with Crippen molar-refractivity contribution in [3.05, 3.63) is 23.7 Å². The van der Waals surface area contributed by atoms with E-state index >= 15 is 0 Å². The minimum atomic E-state index is 0.256. The molecule has 2 rings (SSSR count). The van der Waals surface area contributed by atoms with E-state index in [2.05, 4.69) is 12.2 Å². The van der Waals surface area contributed by atoms with Crippen LogP contribution in [0, 0.1) is 0 Å². The molecule has 0 unspecified atom stereocenters. The lowest BCUT2D eigenvalue weighted by molar-refractivity contribution is -0.137. The van der Waals surface area contributed by atoms with Crippen molar-refractivity contribution in [1.82, 2.24) is 5.32 Å². The summed E-state index contributed by atoms with van der Waals surface area (Å²) in [5, 5.41) is 3.33. The fourth-order valence-electron chi connectivity index (χ4n) is 1.51. The molecule has 0 radical (unpaired) electrons. The summed E-state index contributed by atoms with van der Waals surface area (Å²) in [6.07, 6.45) is 3.19. The van der Waals surface area contributed by atoms with Crippen LogP contribution in [0.3, 0.4) is 0 Å². The molecule has 4 nitrogen and oxygen atoms in total. The predicted octanol–water partition coefficient (Wildman–Crippen LogP) is 1.69. The standard InChI is InChI=1S/C12H19NO3/c1-2-3-13-5-10-4-11(15-6-10)9-16-12-7-14-8-12/h4,6,12-13H,2-3,5,7-9H2,1H3. The smallest absolute Gasteiger partial charge is 0.129 e. The Kier molecular flexibility index (Phi) is 4.39. The Morgan fingerprint density at radius 3 is 3.06 bits per heavy atom. The molecule has 1 saturated heterocycles. The van der Waals surface area contributed by atoms with Crippen LogP contribution in [0.4, 0.5) is 0 Å². The minimum Gasteiger partial charge on any atom is -0.467 e. The maximum Gasteiger partial charge on any atom is 0.129 e. The van der Waals surface area contributed by atoms with Gasteiger partial charge >= 0.3 is 0 Å². The molecular weight excluding hydrogens is 206 g/mol. The molecule has 2 heterocycles. The largest absolute Gasteiger partial charge is 0.467 e. The van der Waals surface area contributed by atoms with Gasteiger partial charge in [0.25, 0.3) is 0 Å². The summed E-state index contributed by atoms with van der Waals surface area (Å²) in [5.41, 5.74) is 1.18. The van der Waals surface area contributed by atoms with Crippen molar-refractivity contribution < 1.29 is 13.9 Å². The summed E-state index contributed by atoms with van der Waals surface area (Å²) in [5.74, 6) is 0.889. The van der Waals surface area contributed by atoms with Crippen LogP contribution in [-0.4, -0.2) is 25.9 Å². The Morgan fingerprint density at radius 1 is 1.50 bits per heavy atom. The highest BCUT2D eigenvalue weighted by Gasteiger charge is 2.19. The van der Waals surface area contributed by atoms with Crippen molar-refractivity contribution in [1.29, 1.82) is 0 Å². The molecule has 1 aliphatic heterocycles. The fraction of sp³-hybridized carbons (Fsp3) is 0.667. The van der Waals surface area contributed by atoms with Gasteiger partial charge in [-0.05, 0) is 19.0 Å². The van der Waals surface area contributed by atoms with Gasteiger partial charge in [0.15, 0.2) is 0 Å². The Hall–Kier alpha value is -0.840. The molecule has 90 valence electrons. The normalized spacial score (nSPS) is 16.3. The summed E-state index contributed by atoms with van der Waals surface area (Å²) in [4.78, 5) is 0. The van der Waals surface area contributed by atoms with Crippen molar-refractivity contribution in [2.45, 2.75) is 32.6 Å². The van der Waals surface area contributed by atoms with Crippen LogP contribution in [0.15, 0.2) is 16.7 Å². The molecule has 0 saturated carbocycles. The van der Waals surface area contributed by atoms with Gasteiger partial charge in [-0.3, -0.25) is 0 Å². The molecule has 1 aromatic rings. The van der Waals surface area contributed by atoms with Crippen molar-refractivity contribution in [3.8, 4) is 0 Å². The van der Waals surface area contributed by atoms with E-state index in [-0.39, 0.29) is 6.10 Å². The van der Waals surface area contributed by atoms with Crippen LogP contribution in [-0.2, 0) is 22.6 Å².